The molecule has 1 fully saturated rings. The van der Waals surface area contributed by atoms with Crippen LogP contribution in [0.5, 0.6) is 0 Å². The van der Waals surface area contributed by atoms with Crippen molar-refractivity contribution in [2.45, 2.75) is 30.4 Å². The Kier molecular flexibility index (Phi) is 6.26. The number of rotatable bonds is 7. The van der Waals surface area contributed by atoms with Gasteiger partial charge in [-0.15, -0.1) is 11.8 Å². The molecule has 0 aliphatic carbocycles. The summed E-state index contributed by atoms with van der Waals surface area (Å²) in [6.07, 6.45) is 5.80. The molecule has 0 bridgehead atoms. The monoisotopic (exact) mass is 342 g/mol. The Balaban J connectivity index is 1.62. The van der Waals surface area contributed by atoms with E-state index < -0.39 is 0 Å². The van der Waals surface area contributed by atoms with E-state index >= 15 is 0 Å². The maximum absolute atomic E-state index is 12.7. The molecule has 1 unspecified atom stereocenters. The highest BCUT2D eigenvalue weighted by Gasteiger charge is 2.22. The Morgan fingerprint density at radius 3 is 2.71 bits per heavy atom. The van der Waals surface area contributed by atoms with Crippen LogP contribution < -0.4 is 0 Å². The molecule has 2 aromatic rings. The van der Waals surface area contributed by atoms with Crippen LogP contribution in [0.3, 0.4) is 0 Å². The number of benzene rings is 1. The molecular weight excluding hydrogens is 320 g/mol. The van der Waals surface area contributed by atoms with E-state index in [0.29, 0.717) is 18.8 Å². The molecule has 1 saturated heterocycles. The van der Waals surface area contributed by atoms with Gasteiger partial charge in [-0.1, -0.05) is 30.3 Å². The lowest BCUT2D eigenvalue weighted by Gasteiger charge is -2.25. The van der Waals surface area contributed by atoms with E-state index in [2.05, 4.69) is 17.1 Å². The second-order valence-corrected chi connectivity index (χ2v) is 6.92. The lowest BCUT2D eigenvalue weighted by Crippen LogP contribution is -2.38. The summed E-state index contributed by atoms with van der Waals surface area (Å²) in [5, 5.41) is 0. The van der Waals surface area contributed by atoms with Gasteiger partial charge in [0.15, 0.2) is 0 Å². The molecule has 2 heterocycles. The predicted molar refractivity (Wildman–Crippen MR) is 95.8 cm³/mol. The molecule has 1 atom stereocenters. The van der Waals surface area contributed by atoms with Crippen LogP contribution in [-0.2, 0) is 16.1 Å². The van der Waals surface area contributed by atoms with Crippen molar-refractivity contribution in [3.63, 3.8) is 0 Å². The van der Waals surface area contributed by atoms with Gasteiger partial charge in [0, 0.05) is 37.0 Å². The van der Waals surface area contributed by atoms with Crippen LogP contribution in [0.2, 0.25) is 0 Å². The molecule has 1 aromatic heterocycles. The molecule has 1 amide bonds. The van der Waals surface area contributed by atoms with Crippen molar-refractivity contribution in [2.75, 3.05) is 18.9 Å². The Bertz CT molecular complexity index is 630. The fraction of sp³-hybridized carbons (Fsp3) is 0.368. The molecule has 1 aliphatic heterocycles. The minimum absolute atomic E-state index is 0.149. The SMILES string of the molecule is O=C(CSc1ccncc1)N(Cc1ccccc1)CC1CCCO1. The second-order valence-electron chi connectivity index (χ2n) is 5.87. The number of pyridine rings is 1. The highest BCUT2D eigenvalue weighted by molar-refractivity contribution is 8.00. The van der Waals surface area contributed by atoms with Crippen molar-refractivity contribution in [3.05, 3.63) is 60.4 Å². The molecule has 24 heavy (non-hydrogen) atoms. The molecule has 126 valence electrons. The molecule has 0 N–H and O–H groups in total. The number of thioether (sulfide) groups is 1. The lowest BCUT2D eigenvalue weighted by atomic mass is 10.2. The number of amides is 1. The summed E-state index contributed by atoms with van der Waals surface area (Å²) in [6, 6.07) is 14.0. The molecule has 0 radical (unpaired) electrons. The standard InChI is InChI=1S/C19H22N2O2S/c22-19(15-24-18-8-10-20-11-9-18)21(14-17-7-4-12-23-17)13-16-5-2-1-3-6-16/h1-3,5-6,8-11,17H,4,7,12-15H2. The zero-order valence-corrected chi connectivity index (χ0v) is 14.5. The van der Waals surface area contributed by atoms with Gasteiger partial charge in [0.1, 0.15) is 0 Å². The average molecular weight is 342 g/mol. The third-order valence-electron chi connectivity index (χ3n) is 4.03. The number of carbonyl (C=O) groups is 1. The van der Waals surface area contributed by atoms with Crippen molar-refractivity contribution in [3.8, 4) is 0 Å². The van der Waals surface area contributed by atoms with Crippen LogP contribution in [0.15, 0.2) is 59.8 Å². The van der Waals surface area contributed by atoms with E-state index in [1.807, 2.05) is 35.2 Å². The van der Waals surface area contributed by atoms with Crippen LogP contribution in [0.4, 0.5) is 0 Å². The Morgan fingerprint density at radius 1 is 1.21 bits per heavy atom. The van der Waals surface area contributed by atoms with Crippen molar-refractivity contribution < 1.29 is 9.53 Å². The minimum Gasteiger partial charge on any atom is -0.376 e. The first kappa shape index (κ1) is 17.0. The molecule has 5 heteroatoms. The molecule has 4 nitrogen and oxygen atoms in total. The molecule has 0 spiro atoms. The zero-order valence-electron chi connectivity index (χ0n) is 13.6. The van der Waals surface area contributed by atoms with Gasteiger partial charge in [0.25, 0.3) is 0 Å². The Morgan fingerprint density at radius 2 is 2.00 bits per heavy atom. The smallest absolute Gasteiger partial charge is 0.233 e. The number of aromatic nitrogens is 1. The van der Waals surface area contributed by atoms with Gasteiger partial charge in [-0.2, -0.15) is 0 Å². The van der Waals surface area contributed by atoms with Crippen molar-refractivity contribution in [1.29, 1.82) is 0 Å². The quantitative estimate of drug-likeness (QED) is 0.724. The van der Waals surface area contributed by atoms with Gasteiger partial charge >= 0.3 is 0 Å². The first-order chi connectivity index (χ1) is 11.8. The maximum atomic E-state index is 12.7. The molecule has 1 aromatic carbocycles. The summed E-state index contributed by atoms with van der Waals surface area (Å²) < 4.78 is 5.73. The highest BCUT2D eigenvalue weighted by Crippen LogP contribution is 2.19. The molecule has 1 aliphatic rings. The van der Waals surface area contributed by atoms with Gasteiger partial charge in [-0.3, -0.25) is 9.78 Å². The largest absolute Gasteiger partial charge is 0.376 e. The third-order valence-corrected chi connectivity index (χ3v) is 5.03. The summed E-state index contributed by atoms with van der Waals surface area (Å²) in [5.41, 5.74) is 1.15. The van der Waals surface area contributed by atoms with Crippen LogP contribution in [0, 0.1) is 0 Å². The summed E-state index contributed by atoms with van der Waals surface area (Å²) in [4.78, 5) is 19.7. The van der Waals surface area contributed by atoms with Crippen LogP contribution in [0.1, 0.15) is 18.4 Å². The van der Waals surface area contributed by atoms with Crippen molar-refractivity contribution >= 4 is 17.7 Å². The normalized spacial score (nSPS) is 16.9. The average Bonchev–Trinajstić information content (AvgIpc) is 3.14. The first-order valence-corrected chi connectivity index (χ1v) is 9.26. The van der Waals surface area contributed by atoms with Gasteiger partial charge in [-0.05, 0) is 30.5 Å². The number of nitrogens with zero attached hydrogens (tertiary/aromatic N) is 2. The van der Waals surface area contributed by atoms with Crippen molar-refractivity contribution in [1.82, 2.24) is 9.88 Å². The highest BCUT2D eigenvalue weighted by atomic mass is 32.2. The van der Waals surface area contributed by atoms with Gasteiger partial charge in [-0.25, -0.2) is 0 Å². The Labute approximate surface area is 147 Å². The van der Waals surface area contributed by atoms with E-state index in [-0.39, 0.29) is 12.0 Å². The van der Waals surface area contributed by atoms with E-state index in [9.17, 15) is 4.79 Å². The van der Waals surface area contributed by atoms with E-state index in [0.717, 1.165) is 29.9 Å². The summed E-state index contributed by atoms with van der Waals surface area (Å²) in [7, 11) is 0. The topological polar surface area (TPSA) is 42.4 Å². The zero-order chi connectivity index (χ0) is 16.6. The number of ether oxygens (including phenoxy) is 1. The lowest BCUT2D eigenvalue weighted by molar-refractivity contribution is -0.130. The third kappa shape index (κ3) is 5.08. The summed E-state index contributed by atoms with van der Waals surface area (Å²) in [5.74, 6) is 0.583. The van der Waals surface area contributed by atoms with Crippen LogP contribution in [-0.4, -0.2) is 40.8 Å². The molecule has 3 rings (SSSR count). The van der Waals surface area contributed by atoms with Gasteiger partial charge in [0.05, 0.1) is 11.9 Å². The fourth-order valence-electron chi connectivity index (χ4n) is 2.76. The molecule has 0 saturated carbocycles. The van der Waals surface area contributed by atoms with E-state index in [1.54, 1.807) is 24.2 Å². The van der Waals surface area contributed by atoms with Gasteiger partial charge in [0.2, 0.25) is 5.91 Å². The van der Waals surface area contributed by atoms with Crippen LogP contribution in [0.25, 0.3) is 0 Å². The Hall–Kier alpha value is -1.85. The molecular formula is C19H22N2O2S. The van der Waals surface area contributed by atoms with Crippen molar-refractivity contribution in [2.24, 2.45) is 0 Å². The second kappa shape index (κ2) is 8.85. The maximum Gasteiger partial charge on any atom is 0.233 e. The first-order valence-electron chi connectivity index (χ1n) is 8.27. The summed E-state index contributed by atoms with van der Waals surface area (Å²) in [6.45, 7) is 2.12. The summed E-state index contributed by atoms with van der Waals surface area (Å²) >= 11 is 1.55. The number of hydrogen-bond donors (Lipinski definition) is 0. The van der Waals surface area contributed by atoms with E-state index in [4.69, 9.17) is 4.74 Å². The van der Waals surface area contributed by atoms with E-state index in [1.165, 1.54) is 0 Å². The van der Waals surface area contributed by atoms with Gasteiger partial charge < -0.3 is 9.64 Å². The van der Waals surface area contributed by atoms with Crippen LogP contribution >= 0.6 is 11.8 Å². The fourth-order valence-corrected chi connectivity index (χ4v) is 3.55. The minimum atomic E-state index is 0.149. The predicted octanol–water partition coefficient (Wildman–Crippen LogP) is 3.38. The number of hydrogen-bond acceptors (Lipinski definition) is 4. The number of carbonyl (C=O) groups excluding carboxylic acids is 1.